The van der Waals surface area contributed by atoms with Gasteiger partial charge < -0.3 is 32.1 Å². The summed E-state index contributed by atoms with van der Waals surface area (Å²) >= 11 is 0. The van der Waals surface area contributed by atoms with E-state index < -0.39 is 0 Å². The van der Waals surface area contributed by atoms with Gasteiger partial charge in [-0.1, -0.05) is 0 Å². The third kappa shape index (κ3) is 7.62. The molecular formula is C11H21ClN2O4. The number of aromatic nitrogens is 2. The fourth-order valence-electron chi connectivity index (χ4n) is 1.38. The second-order valence-electron chi connectivity index (χ2n) is 3.56. The zero-order valence-corrected chi connectivity index (χ0v) is 11.1. The van der Waals surface area contributed by atoms with E-state index in [0.29, 0.717) is 26.4 Å². The molecule has 0 aromatic carbocycles. The van der Waals surface area contributed by atoms with Crippen molar-refractivity contribution in [3.8, 4) is 0 Å². The number of nitrogens with zero attached hydrogens (tertiary/aromatic N) is 2. The first-order chi connectivity index (χ1) is 8.36. The average Bonchev–Trinajstić information content (AvgIpc) is 2.78. The van der Waals surface area contributed by atoms with Gasteiger partial charge in [-0.2, -0.15) is 0 Å². The van der Waals surface area contributed by atoms with Gasteiger partial charge in [-0.15, -0.1) is 0 Å². The van der Waals surface area contributed by atoms with Gasteiger partial charge in [0.2, 0.25) is 6.33 Å². The number of ether oxygens (including phenoxy) is 2. The molecule has 0 aliphatic carbocycles. The minimum absolute atomic E-state index is 0. The summed E-state index contributed by atoms with van der Waals surface area (Å²) in [7, 11) is 0. The van der Waals surface area contributed by atoms with E-state index in [2.05, 4.69) is 0 Å². The van der Waals surface area contributed by atoms with E-state index in [1.54, 1.807) is 0 Å². The molecule has 1 aromatic rings. The average molecular weight is 281 g/mol. The Kier molecular flexibility index (Phi) is 11.0. The Balaban J connectivity index is 0.00000289. The van der Waals surface area contributed by atoms with Crippen LogP contribution in [-0.4, -0.2) is 54.4 Å². The molecule has 0 saturated heterocycles. The summed E-state index contributed by atoms with van der Waals surface area (Å²) in [5, 5.41) is 17.1. The van der Waals surface area contributed by atoms with Gasteiger partial charge in [-0.3, -0.25) is 0 Å². The molecule has 0 atom stereocenters. The Bertz CT molecular complexity index is 270. The van der Waals surface area contributed by atoms with Crippen LogP contribution in [0.5, 0.6) is 0 Å². The molecule has 0 unspecified atom stereocenters. The molecular weight excluding hydrogens is 260 g/mol. The van der Waals surface area contributed by atoms with Gasteiger partial charge in [0, 0.05) is 0 Å². The molecule has 0 saturated carbocycles. The standard InChI is InChI=1S/C11H21N2O4.ClH/c14-5-9-16-7-3-12-1-2-13(11-12)4-8-17-10-6-15;/h1-2,11,14-15H,3-10H2;1H/q+1;/p-1. The molecule has 1 heterocycles. The highest BCUT2D eigenvalue weighted by Crippen LogP contribution is 1.86. The number of hydrogen-bond acceptors (Lipinski definition) is 4. The number of halogens is 1. The Morgan fingerprint density at radius 2 is 1.67 bits per heavy atom. The molecule has 1 aromatic heterocycles. The number of rotatable bonds is 10. The van der Waals surface area contributed by atoms with Gasteiger partial charge in [-0.25, -0.2) is 9.13 Å². The molecule has 0 bridgehead atoms. The predicted octanol–water partition coefficient (Wildman–Crippen LogP) is -4.20. The van der Waals surface area contributed by atoms with E-state index in [-0.39, 0.29) is 25.6 Å². The molecule has 0 fully saturated rings. The van der Waals surface area contributed by atoms with Crippen LogP contribution in [0, 0.1) is 0 Å². The summed E-state index contributed by atoms with van der Waals surface area (Å²) in [4.78, 5) is 0. The minimum atomic E-state index is 0. The van der Waals surface area contributed by atoms with Crippen LogP contribution in [0.25, 0.3) is 0 Å². The van der Waals surface area contributed by atoms with E-state index in [9.17, 15) is 0 Å². The highest BCUT2D eigenvalue weighted by molar-refractivity contribution is 4.65. The van der Waals surface area contributed by atoms with Crippen molar-refractivity contribution in [2.45, 2.75) is 13.1 Å². The smallest absolute Gasteiger partial charge is 0.243 e. The maximum absolute atomic E-state index is 8.54. The van der Waals surface area contributed by atoms with E-state index >= 15 is 0 Å². The fourth-order valence-corrected chi connectivity index (χ4v) is 1.38. The Hall–Kier alpha value is -0.660. The van der Waals surface area contributed by atoms with Crippen molar-refractivity contribution in [3.63, 3.8) is 0 Å². The summed E-state index contributed by atoms with van der Waals surface area (Å²) in [6, 6.07) is 0. The van der Waals surface area contributed by atoms with Gasteiger partial charge in [0.05, 0.1) is 39.6 Å². The lowest BCUT2D eigenvalue weighted by molar-refractivity contribution is -0.698. The first-order valence-electron chi connectivity index (χ1n) is 5.79. The molecule has 0 spiro atoms. The van der Waals surface area contributed by atoms with Crippen LogP contribution in [-0.2, 0) is 22.6 Å². The molecule has 1 rings (SSSR count). The molecule has 7 heteroatoms. The van der Waals surface area contributed by atoms with Crippen molar-refractivity contribution in [2.24, 2.45) is 0 Å². The van der Waals surface area contributed by atoms with Gasteiger partial charge in [-0.05, 0) is 0 Å². The summed E-state index contributed by atoms with van der Waals surface area (Å²) < 4.78 is 14.4. The van der Waals surface area contributed by atoms with Crippen LogP contribution >= 0.6 is 0 Å². The lowest BCUT2D eigenvalue weighted by Gasteiger charge is -1.99. The highest BCUT2D eigenvalue weighted by Gasteiger charge is 2.03. The monoisotopic (exact) mass is 280 g/mol. The Morgan fingerprint density at radius 1 is 1.00 bits per heavy atom. The number of aliphatic hydroxyl groups excluding tert-OH is 2. The summed E-state index contributed by atoms with van der Waals surface area (Å²) in [5.41, 5.74) is 0. The largest absolute Gasteiger partial charge is 1.00 e. The quantitative estimate of drug-likeness (QED) is 0.337. The van der Waals surface area contributed by atoms with Crippen molar-refractivity contribution in [1.82, 2.24) is 4.57 Å². The normalized spacial score (nSPS) is 10.3. The van der Waals surface area contributed by atoms with Crippen LogP contribution in [0.4, 0.5) is 0 Å². The van der Waals surface area contributed by atoms with Crippen LogP contribution in [0.15, 0.2) is 18.7 Å². The Morgan fingerprint density at radius 3 is 2.33 bits per heavy atom. The van der Waals surface area contributed by atoms with Gasteiger partial charge in [0.1, 0.15) is 25.5 Å². The molecule has 2 N–H and O–H groups in total. The van der Waals surface area contributed by atoms with Gasteiger partial charge in [0.25, 0.3) is 0 Å². The lowest BCUT2D eigenvalue weighted by Crippen LogP contribution is -3.00. The fraction of sp³-hybridized carbons (Fsp3) is 0.727. The minimum Gasteiger partial charge on any atom is -1.00 e. The number of hydrogen-bond donors (Lipinski definition) is 2. The van der Waals surface area contributed by atoms with Gasteiger partial charge >= 0.3 is 0 Å². The van der Waals surface area contributed by atoms with Crippen LogP contribution < -0.4 is 17.0 Å². The van der Waals surface area contributed by atoms with Crippen LogP contribution in [0.1, 0.15) is 0 Å². The first kappa shape index (κ1) is 17.3. The van der Waals surface area contributed by atoms with Crippen molar-refractivity contribution in [3.05, 3.63) is 18.7 Å². The zero-order valence-electron chi connectivity index (χ0n) is 10.4. The Labute approximate surface area is 113 Å². The molecule has 0 radical (unpaired) electrons. The molecule has 6 nitrogen and oxygen atoms in total. The van der Waals surface area contributed by atoms with Crippen LogP contribution in [0.3, 0.4) is 0 Å². The SMILES string of the molecule is OCCOCCn1cc[n+](CCOCCO)c1.[Cl-]. The predicted molar refractivity (Wildman–Crippen MR) is 60.4 cm³/mol. The molecule has 18 heavy (non-hydrogen) atoms. The third-order valence-corrected chi connectivity index (χ3v) is 2.21. The van der Waals surface area contributed by atoms with E-state index in [1.807, 2.05) is 27.9 Å². The first-order valence-corrected chi connectivity index (χ1v) is 5.79. The van der Waals surface area contributed by atoms with E-state index in [4.69, 9.17) is 19.7 Å². The molecule has 0 amide bonds. The van der Waals surface area contributed by atoms with Gasteiger partial charge in [0.15, 0.2) is 0 Å². The number of imidazole rings is 1. The summed E-state index contributed by atoms with van der Waals surface area (Å²) in [5.74, 6) is 0. The molecule has 0 aliphatic heterocycles. The van der Waals surface area contributed by atoms with Crippen molar-refractivity contribution >= 4 is 0 Å². The third-order valence-electron chi connectivity index (χ3n) is 2.21. The van der Waals surface area contributed by atoms with Crippen molar-refractivity contribution in [2.75, 3.05) is 39.6 Å². The second-order valence-corrected chi connectivity index (χ2v) is 3.56. The van der Waals surface area contributed by atoms with Crippen LogP contribution in [0.2, 0.25) is 0 Å². The van der Waals surface area contributed by atoms with Crippen molar-refractivity contribution in [1.29, 1.82) is 0 Å². The maximum Gasteiger partial charge on any atom is 0.243 e. The maximum atomic E-state index is 8.54. The second kappa shape index (κ2) is 11.4. The summed E-state index contributed by atoms with van der Waals surface area (Å²) in [6.07, 6.45) is 5.91. The topological polar surface area (TPSA) is 67.7 Å². The van der Waals surface area contributed by atoms with E-state index in [0.717, 1.165) is 13.1 Å². The van der Waals surface area contributed by atoms with Crippen molar-refractivity contribution < 1.29 is 36.7 Å². The molecule has 0 aliphatic rings. The van der Waals surface area contributed by atoms with E-state index in [1.165, 1.54) is 0 Å². The highest BCUT2D eigenvalue weighted by atomic mass is 35.5. The summed E-state index contributed by atoms with van der Waals surface area (Å²) in [6.45, 7) is 3.62. The number of aliphatic hydroxyl groups is 2. The zero-order chi connectivity index (χ0) is 12.3. The molecule has 106 valence electrons. The lowest BCUT2D eigenvalue weighted by atomic mass is 10.6.